The normalized spacial score (nSPS) is 12.3. The molecule has 0 aliphatic heterocycles. The average molecular weight is 1160 g/mol. The van der Waals surface area contributed by atoms with E-state index in [0.29, 0.717) is 21.7 Å². The number of thiophene rings is 8. The predicted molar refractivity (Wildman–Crippen MR) is 358 cm³/mol. The van der Waals surface area contributed by atoms with Gasteiger partial charge in [-0.15, -0.1) is 90.7 Å². The quantitative estimate of drug-likeness (QED) is 0.142. The van der Waals surface area contributed by atoms with E-state index in [1.165, 1.54) is 113 Å². The van der Waals surface area contributed by atoms with Crippen LogP contribution in [0, 0.1) is 76.2 Å². The molecule has 9 rings (SSSR count). The van der Waals surface area contributed by atoms with Gasteiger partial charge in [0.25, 0.3) is 0 Å². The van der Waals surface area contributed by atoms with Crippen LogP contribution >= 0.6 is 90.7 Å². The van der Waals surface area contributed by atoms with Gasteiger partial charge in [-0.3, -0.25) is 0 Å². The van der Waals surface area contributed by atoms with Crippen LogP contribution in [0.15, 0.2) is 52.5 Å². The summed E-state index contributed by atoms with van der Waals surface area (Å²) in [6, 6.07) is 13.1. The van der Waals surface area contributed by atoms with Crippen molar-refractivity contribution in [2.24, 2.45) is 0 Å². The highest BCUT2D eigenvalue weighted by molar-refractivity contribution is 7.28. The maximum absolute atomic E-state index is 2.30. The Labute approximate surface area is 490 Å². The van der Waals surface area contributed by atoms with Crippen LogP contribution in [0.5, 0.6) is 0 Å². The van der Waals surface area contributed by atoms with E-state index in [1.54, 1.807) is 4.88 Å². The largest absolute Gasteiger partial charge is 0.148 e. The lowest BCUT2D eigenvalue weighted by molar-refractivity contribution is 0.599. The standard InChI is InChI=1S/C13H18S2.C13H16S.C11H14S2.C11H18S.C10H16S.C9H14S/c1-7-9(3)14-11-8(2)12(13(4,5)6)15-10(7)11;1-9-10-7-5-6-8-11(10)14-12(9)13(2,3)4;1-7-9-8(5-6-12-9)13-10(7)11(2,3)4;1-7-8(2)10(11(4,5)6)12-9(7)3;1-7-6-11-9(8(7)2)10(3,4)5;1-7-5-6-10-8(7)9(2,3)4/h1-6H3;5-8H,1-4H3;5-6H,1-4H3;1-6H3;6H,1-5H3;5-6H,1-4H3. The van der Waals surface area contributed by atoms with Crippen molar-refractivity contribution in [1.82, 2.24) is 0 Å². The van der Waals surface area contributed by atoms with Gasteiger partial charge in [-0.2, -0.15) is 0 Å². The third-order valence-electron chi connectivity index (χ3n) is 13.5. The van der Waals surface area contributed by atoms with E-state index in [4.69, 9.17) is 0 Å². The Bertz CT molecular complexity index is 3260. The summed E-state index contributed by atoms with van der Waals surface area (Å²) in [5, 5.41) is 8.01. The zero-order chi connectivity index (χ0) is 57.3. The molecular weight excluding hydrogens is 1060 g/mol. The van der Waals surface area contributed by atoms with E-state index in [9.17, 15) is 0 Å². The number of aryl methyl sites for hydroxylation is 8. The number of rotatable bonds is 0. The molecule has 0 amide bonds. The van der Waals surface area contributed by atoms with Gasteiger partial charge in [-0.25, -0.2) is 0 Å². The van der Waals surface area contributed by atoms with Gasteiger partial charge in [0.15, 0.2) is 0 Å². The molecule has 1 aromatic carbocycles. The van der Waals surface area contributed by atoms with Gasteiger partial charge >= 0.3 is 0 Å². The van der Waals surface area contributed by atoms with Crippen LogP contribution in [0.1, 0.15) is 214 Å². The van der Waals surface area contributed by atoms with Crippen LogP contribution in [-0.2, 0) is 32.5 Å². The summed E-state index contributed by atoms with van der Waals surface area (Å²) in [4.78, 5) is 12.1. The molecule has 0 saturated carbocycles. The molecule has 0 radical (unpaired) electrons. The minimum Gasteiger partial charge on any atom is -0.148 e. The summed E-state index contributed by atoms with van der Waals surface area (Å²) in [6.07, 6.45) is 0. The van der Waals surface area contributed by atoms with Crippen molar-refractivity contribution in [2.45, 2.75) is 233 Å². The molecule has 0 nitrogen and oxygen atoms in total. The zero-order valence-corrected chi connectivity index (χ0v) is 58.5. The molecule has 8 heteroatoms. The van der Waals surface area contributed by atoms with Gasteiger partial charge in [-0.05, 0) is 198 Å². The molecule has 75 heavy (non-hydrogen) atoms. The molecule has 0 fully saturated rings. The second kappa shape index (κ2) is 24.9. The van der Waals surface area contributed by atoms with Crippen molar-refractivity contribution in [2.75, 3.05) is 0 Å². The van der Waals surface area contributed by atoms with Gasteiger partial charge in [-0.1, -0.05) is 143 Å². The molecule has 0 unspecified atom stereocenters. The SMILES string of the molecule is Cc1c(C(C)(C)C)sc2ccccc12.Cc1c(C(C)(C)C)sc2ccsc12.Cc1ccsc1C(C)(C)C.Cc1csc(C(C)(C)C)c1C.Cc1sc(C(C)(C)C)c(C)c1C.Cc1sc2c(C)c(C(C)(C)C)sc2c1C. The monoisotopic (exact) mass is 1160 g/mol. The summed E-state index contributed by atoms with van der Waals surface area (Å²) >= 11 is 15.4. The van der Waals surface area contributed by atoms with Gasteiger partial charge in [0, 0.05) is 62.5 Å². The Kier molecular flexibility index (Phi) is 21.7. The Morgan fingerprint density at radius 2 is 0.707 bits per heavy atom. The maximum Gasteiger partial charge on any atom is 0.0488 e. The zero-order valence-electron chi connectivity index (χ0n) is 52.0. The number of fused-ring (bicyclic) bond motifs is 3. The van der Waals surface area contributed by atoms with E-state index < -0.39 is 0 Å². The smallest absolute Gasteiger partial charge is 0.0488 e. The van der Waals surface area contributed by atoms with Crippen molar-refractivity contribution in [3.8, 4) is 0 Å². The van der Waals surface area contributed by atoms with Crippen LogP contribution in [0.4, 0.5) is 0 Å². The number of hydrogen-bond donors (Lipinski definition) is 0. The first-order valence-electron chi connectivity index (χ1n) is 26.7. The number of benzene rings is 1. The highest BCUT2D eigenvalue weighted by Crippen LogP contribution is 2.45. The Morgan fingerprint density at radius 3 is 1.08 bits per heavy atom. The molecule has 0 spiro atoms. The van der Waals surface area contributed by atoms with E-state index in [1.807, 2.05) is 90.7 Å². The average Bonchev–Trinajstić information content (AvgIpc) is 4.16. The molecule has 0 aliphatic carbocycles. The van der Waals surface area contributed by atoms with E-state index >= 15 is 0 Å². The molecule has 0 atom stereocenters. The van der Waals surface area contributed by atoms with Gasteiger partial charge in [0.05, 0.1) is 0 Å². The van der Waals surface area contributed by atoms with Crippen molar-refractivity contribution < 1.29 is 0 Å². The fourth-order valence-electron chi connectivity index (χ4n) is 9.36. The highest BCUT2D eigenvalue weighted by atomic mass is 32.1. The Balaban J connectivity index is 0.000000196. The van der Waals surface area contributed by atoms with Crippen molar-refractivity contribution in [1.29, 1.82) is 0 Å². The van der Waals surface area contributed by atoms with Crippen LogP contribution in [0.2, 0.25) is 0 Å². The van der Waals surface area contributed by atoms with Crippen LogP contribution in [0.3, 0.4) is 0 Å². The lowest BCUT2D eigenvalue weighted by Gasteiger charge is -2.17. The van der Waals surface area contributed by atoms with Gasteiger partial charge < -0.3 is 0 Å². The lowest BCUT2D eigenvalue weighted by atomic mass is 9.91. The minimum atomic E-state index is 0.272. The molecule has 412 valence electrons. The second-order valence-electron chi connectivity index (χ2n) is 26.8. The van der Waals surface area contributed by atoms with Crippen molar-refractivity contribution in [3.05, 3.63) is 142 Å². The van der Waals surface area contributed by atoms with E-state index in [0.717, 1.165) is 0 Å². The molecule has 0 N–H and O–H groups in total. The fourth-order valence-corrected chi connectivity index (χ4v) is 19.2. The van der Waals surface area contributed by atoms with Crippen molar-refractivity contribution in [3.63, 3.8) is 0 Å². The summed E-state index contributed by atoms with van der Waals surface area (Å²) in [6.45, 7) is 65.5. The molecule has 0 bridgehead atoms. The molecular formula is C67H96S8. The highest BCUT2D eigenvalue weighted by Gasteiger charge is 2.25. The Morgan fingerprint density at radius 1 is 0.280 bits per heavy atom. The fraction of sp³-hybridized carbons (Fsp3) is 0.522. The molecule has 0 aliphatic rings. The van der Waals surface area contributed by atoms with E-state index in [-0.39, 0.29) is 10.8 Å². The first-order valence-corrected chi connectivity index (χ1v) is 33.4. The van der Waals surface area contributed by atoms with Crippen LogP contribution in [-0.4, -0.2) is 0 Å². The third kappa shape index (κ3) is 16.4. The summed E-state index contributed by atoms with van der Waals surface area (Å²) in [7, 11) is 0. The predicted octanol–water partition coefficient (Wildman–Crippen LogP) is 25.2. The molecule has 9 aromatic rings. The summed E-state index contributed by atoms with van der Waals surface area (Å²) in [5.41, 5.74) is 15.1. The topological polar surface area (TPSA) is 0 Å². The van der Waals surface area contributed by atoms with Crippen molar-refractivity contribution >= 4 is 120 Å². The number of hydrogen-bond acceptors (Lipinski definition) is 8. The third-order valence-corrected chi connectivity index (χ3v) is 26.1. The van der Waals surface area contributed by atoms with Crippen LogP contribution < -0.4 is 0 Å². The lowest BCUT2D eigenvalue weighted by Crippen LogP contribution is -2.10. The van der Waals surface area contributed by atoms with Gasteiger partial charge in [0.1, 0.15) is 0 Å². The Hall–Kier alpha value is -2.40. The summed E-state index contributed by atoms with van der Waals surface area (Å²) < 4.78 is 7.37. The first-order chi connectivity index (χ1) is 34.1. The molecule has 0 saturated heterocycles. The second-order valence-corrected chi connectivity index (χ2v) is 35.0. The summed E-state index contributed by atoms with van der Waals surface area (Å²) in [5.74, 6) is 0. The first kappa shape index (κ1) is 65.1. The molecule has 8 aromatic heterocycles. The van der Waals surface area contributed by atoms with E-state index in [2.05, 4.69) is 253 Å². The minimum absolute atomic E-state index is 0.272. The van der Waals surface area contributed by atoms with Crippen LogP contribution in [0.25, 0.3) is 28.9 Å². The van der Waals surface area contributed by atoms with Gasteiger partial charge in [0.2, 0.25) is 0 Å². The maximum atomic E-state index is 2.30. The molecule has 8 heterocycles.